The number of thioether (sulfide) groups is 2. The Morgan fingerprint density at radius 1 is 1.08 bits per heavy atom. The number of fused-ring (bicyclic) bond motifs is 1. The second-order valence-electron chi connectivity index (χ2n) is 5.80. The number of hydrogen-bond donors (Lipinski definition) is 0. The monoisotopic (exact) mass is 394 g/mol. The van der Waals surface area contributed by atoms with Crippen molar-refractivity contribution < 1.29 is 0 Å². The van der Waals surface area contributed by atoms with Crippen LogP contribution in [-0.2, 0) is 5.75 Å². The van der Waals surface area contributed by atoms with Crippen molar-refractivity contribution in [3.05, 3.63) is 22.5 Å². The summed E-state index contributed by atoms with van der Waals surface area (Å²) < 4.78 is 2.84. The average molecular weight is 395 g/mol. The lowest BCUT2D eigenvalue weighted by Gasteiger charge is -1.97. The average Bonchev–Trinajstić information content (AvgIpc) is 3.19. The van der Waals surface area contributed by atoms with Crippen LogP contribution in [-0.4, -0.2) is 35.5 Å². The zero-order chi connectivity index (χ0) is 17.6. The van der Waals surface area contributed by atoms with E-state index in [2.05, 4.69) is 32.2 Å². The number of nitrogens with zero attached hydrogens (tertiary/aromatic N) is 6. The number of hydrogen-bond acceptors (Lipinski definition) is 8. The van der Waals surface area contributed by atoms with Crippen LogP contribution in [0.3, 0.4) is 0 Å². The highest BCUT2D eigenvalue weighted by Crippen LogP contribution is 2.27. The van der Waals surface area contributed by atoms with Crippen molar-refractivity contribution in [1.29, 1.82) is 0 Å². The molecule has 0 saturated heterocycles. The predicted molar refractivity (Wildman–Crippen MR) is 105 cm³/mol. The van der Waals surface area contributed by atoms with Crippen molar-refractivity contribution in [2.24, 2.45) is 0 Å². The number of unbranched alkanes of at least 4 members (excludes halogenated alkanes) is 3. The summed E-state index contributed by atoms with van der Waals surface area (Å²) >= 11 is 5.06. The standard InChI is InChI=1S/C16H22N6S3/c1-4-5-6-7-8-23-16-20-19-13(25-16)10-24-15-18-14-17-11(2)9-12(3)22(14)21-15/h9H,4-8,10H2,1-3H3. The third-order valence-electron chi connectivity index (χ3n) is 3.60. The Labute approximate surface area is 160 Å². The van der Waals surface area contributed by atoms with Crippen LogP contribution in [0.1, 0.15) is 49.0 Å². The minimum Gasteiger partial charge on any atom is -0.216 e. The van der Waals surface area contributed by atoms with E-state index in [1.54, 1.807) is 27.6 Å². The SMILES string of the molecule is CCCCCCSc1nnc(CSc2nc3nc(C)cc(C)n3n2)s1. The van der Waals surface area contributed by atoms with Crippen molar-refractivity contribution >= 4 is 40.6 Å². The first-order valence-corrected chi connectivity index (χ1v) is 11.2. The topological polar surface area (TPSA) is 68.9 Å². The lowest BCUT2D eigenvalue weighted by atomic mass is 10.2. The van der Waals surface area contributed by atoms with E-state index in [0.717, 1.165) is 37.4 Å². The second-order valence-corrected chi connectivity index (χ2v) is 9.15. The summed E-state index contributed by atoms with van der Waals surface area (Å²) in [5, 5.41) is 14.8. The van der Waals surface area contributed by atoms with Gasteiger partial charge in [0.05, 0.1) is 5.75 Å². The highest BCUT2D eigenvalue weighted by atomic mass is 32.2. The van der Waals surface area contributed by atoms with Gasteiger partial charge in [0.1, 0.15) is 5.01 Å². The number of rotatable bonds is 9. The first-order chi connectivity index (χ1) is 12.2. The molecule has 0 spiro atoms. The van der Waals surface area contributed by atoms with Gasteiger partial charge in [-0.15, -0.1) is 15.3 Å². The Bertz CT molecular complexity index is 828. The molecule has 9 heteroatoms. The van der Waals surface area contributed by atoms with Gasteiger partial charge in [-0.05, 0) is 26.3 Å². The van der Waals surface area contributed by atoms with Crippen LogP contribution >= 0.6 is 34.9 Å². The van der Waals surface area contributed by atoms with E-state index in [0.29, 0.717) is 5.78 Å². The molecule has 0 aliphatic rings. The van der Waals surface area contributed by atoms with Gasteiger partial charge in [-0.25, -0.2) is 9.50 Å². The van der Waals surface area contributed by atoms with E-state index in [1.807, 2.05) is 31.7 Å². The van der Waals surface area contributed by atoms with Crippen LogP contribution in [0.25, 0.3) is 5.78 Å². The molecule has 0 radical (unpaired) electrons. The summed E-state index contributed by atoms with van der Waals surface area (Å²) in [6, 6.07) is 2.00. The zero-order valence-corrected chi connectivity index (χ0v) is 17.2. The summed E-state index contributed by atoms with van der Waals surface area (Å²) in [6.45, 7) is 6.22. The minimum atomic E-state index is 0.653. The zero-order valence-electron chi connectivity index (χ0n) is 14.7. The lowest BCUT2D eigenvalue weighted by molar-refractivity contribution is 0.706. The van der Waals surface area contributed by atoms with E-state index in [-0.39, 0.29) is 0 Å². The number of aryl methyl sites for hydroxylation is 2. The summed E-state index contributed by atoms with van der Waals surface area (Å²) in [6.07, 6.45) is 5.14. The van der Waals surface area contributed by atoms with Gasteiger partial charge < -0.3 is 0 Å². The Morgan fingerprint density at radius 3 is 2.80 bits per heavy atom. The molecule has 0 N–H and O–H groups in total. The van der Waals surface area contributed by atoms with Gasteiger partial charge in [-0.2, -0.15) is 4.98 Å². The molecule has 3 heterocycles. The van der Waals surface area contributed by atoms with Gasteiger partial charge >= 0.3 is 0 Å². The molecule has 0 aliphatic heterocycles. The molecule has 3 aromatic rings. The summed E-state index contributed by atoms with van der Waals surface area (Å²) in [5.41, 5.74) is 2.00. The molecule has 3 rings (SSSR count). The van der Waals surface area contributed by atoms with Crippen molar-refractivity contribution in [3.8, 4) is 0 Å². The molecular weight excluding hydrogens is 372 g/mol. The maximum absolute atomic E-state index is 4.51. The van der Waals surface area contributed by atoms with Crippen LogP contribution in [0.15, 0.2) is 15.6 Å². The summed E-state index contributed by atoms with van der Waals surface area (Å²) in [5.74, 6) is 2.52. The van der Waals surface area contributed by atoms with Crippen LogP contribution in [0.4, 0.5) is 0 Å². The van der Waals surface area contributed by atoms with Crippen molar-refractivity contribution in [2.75, 3.05) is 5.75 Å². The van der Waals surface area contributed by atoms with Crippen molar-refractivity contribution in [1.82, 2.24) is 29.8 Å². The molecule has 0 unspecified atom stereocenters. The Hall–Kier alpha value is -1.19. The van der Waals surface area contributed by atoms with E-state index < -0.39 is 0 Å². The summed E-state index contributed by atoms with van der Waals surface area (Å²) in [4.78, 5) is 8.91. The van der Waals surface area contributed by atoms with Crippen LogP contribution in [0.2, 0.25) is 0 Å². The van der Waals surface area contributed by atoms with Gasteiger partial charge in [-0.1, -0.05) is 61.0 Å². The fourth-order valence-electron chi connectivity index (χ4n) is 2.38. The quantitative estimate of drug-likeness (QED) is 0.389. The molecular formula is C16H22N6S3. The largest absolute Gasteiger partial charge is 0.253 e. The Kier molecular flexibility index (Phi) is 6.66. The fraction of sp³-hybridized carbons (Fsp3) is 0.562. The van der Waals surface area contributed by atoms with Crippen LogP contribution < -0.4 is 0 Å². The van der Waals surface area contributed by atoms with Crippen LogP contribution in [0, 0.1) is 13.8 Å². The minimum absolute atomic E-state index is 0.653. The van der Waals surface area contributed by atoms with Gasteiger partial charge in [0, 0.05) is 17.1 Å². The molecule has 3 aromatic heterocycles. The van der Waals surface area contributed by atoms with Gasteiger partial charge in [0.2, 0.25) is 5.16 Å². The Morgan fingerprint density at radius 2 is 1.96 bits per heavy atom. The summed E-state index contributed by atoms with van der Waals surface area (Å²) in [7, 11) is 0. The molecule has 0 saturated carbocycles. The van der Waals surface area contributed by atoms with Gasteiger partial charge in [0.25, 0.3) is 5.78 Å². The maximum atomic E-state index is 4.51. The first kappa shape index (κ1) is 18.6. The lowest BCUT2D eigenvalue weighted by Crippen LogP contribution is -1.97. The predicted octanol–water partition coefficient (Wildman–Crippen LogP) is 4.56. The van der Waals surface area contributed by atoms with Crippen LogP contribution in [0.5, 0.6) is 0 Å². The Balaban J connectivity index is 1.53. The molecule has 0 aliphatic carbocycles. The van der Waals surface area contributed by atoms with Crippen molar-refractivity contribution in [3.63, 3.8) is 0 Å². The third-order valence-corrected chi connectivity index (χ3v) is 6.77. The van der Waals surface area contributed by atoms with E-state index in [4.69, 9.17) is 0 Å². The normalized spacial score (nSPS) is 11.5. The molecule has 6 nitrogen and oxygen atoms in total. The highest BCUT2D eigenvalue weighted by Gasteiger charge is 2.11. The maximum Gasteiger partial charge on any atom is 0.253 e. The third kappa shape index (κ3) is 5.15. The first-order valence-electron chi connectivity index (χ1n) is 8.44. The smallest absolute Gasteiger partial charge is 0.216 e. The van der Waals surface area contributed by atoms with Gasteiger partial charge in [0.15, 0.2) is 4.34 Å². The van der Waals surface area contributed by atoms with E-state index in [9.17, 15) is 0 Å². The molecule has 0 amide bonds. The molecule has 0 fully saturated rings. The highest BCUT2D eigenvalue weighted by molar-refractivity contribution is 8.01. The second kappa shape index (κ2) is 8.95. The fourth-order valence-corrected chi connectivity index (χ4v) is 5.15. The molecule has 0 atom stereocenters. The number of aromatic nitrogens is 6. The molecule has 134 valence electrons. The molecule has 25 heavy (non-hydrogen) atoms. The van der Waals surface area contributed by atoms with E-state index in [1.165, 1.54) is 25.7 Å². The molecule has 0 bridgehead atoms. The van der Waals surface area contributed by atoms with Crippen molar-refractivity contribution in [2.45, 2.75) is 61.7 Å². The van der Waals surface area contributed by atoms with E-state index >= 15 is 0 Å². The van der Waals surface area contributed by atoms with Gasteiger partial charge in [-0.3, -0.25) is 0 Å². The molecule has 0 aromatic carbocycles.